The highest BCUT2D eigenvalue weighted by Crippen LogP contribution is 2.30. The van der Waals surface area contributed by atoms with Gasteiger partial charge in [-0.15, -0.1) is 0 Å². The van der Waals surface area contributed by atoms with E-state index in [1.807, 2.05) is 12.1 Å². The Morgan fingerprint density at radius 3 is 2.61 bits per heavy atom. The first-order chi connectivity index (χ1) is 8.70. The molecule has 3 heteroatoms. The van der Waals surface area contributed by atoms with Crippen LogP contribution in [-0.4, -0.2) is 18.9 Å². The van der Waals surface area contributed by atoms with Gasteiger partial charge in [0.05, 0.1) is 12.7 Å². The summed E-state index contributed by atoms with van der Waals surface area (Å²) in [5, 5.41) is 0. The van der Waals surface area contributed by atoms with Crippen molar-refractivity contribution in [1.82, 2.24) is 0 Å². The van der Waals surface area contributed by atoms with E-state index in [9.17, 15) is 9.59 Å². The zero-order valence-corrected chi connectivity index (χ0v) is 10.6. The highest BCUT2D eigenvalue weighted by atomic mass is 16.5. The lowest BCUT2D eigenvalue weighted by atomic mass is 9.91. The van der Waals surface area contributed by atoms with Crippen LogP contribution in [0.2, 0.25) is 0 Å². The van der Waals surface area contributed by atoms with Crippen LogP contribution in [0.15, 0.2) is 24.3 Å². The van der Waals surface area contributed by atoms with Crippen molar-refractivity contribution in [2.75, 3.05) is 7.11 Å². The average molecular weight is 246 g/mol. The molecule has 1 saturated carbocycles. The van der Waals surface area contributed by atoms with Crippen LogP contribution in [-0.2, 0) is 9.53 Å². The fourth-order valence-electron chi connectivity index (χ4n) is 2.49. The molecule has 0 heterocycles. The van der Waals surface area contributed by atoms with E-state index >= 15 is 0 Å². The Morgan fingerprint density at radius 1 is 1.22 bits per heavy atom. The molecule has 96 valence electrons. The van der Waals surface area contributed by atoms with Gasteiger partial charge in [-0.05, 0) is 36.5 Å². The molecule has 0 N–H and O–H groups in total. The van der Waals surface area contributed by atoms with Crippen molar-refractivity contribution in [2.24, 2.45) is 0 Å². The summed E-state index contributed by atoms with van der Waals surface area (Å²) in [4.78, 5) is 22.9. The van der Waals surface area contributed by atoms with Crippen LogP contribution >= 0.6 is 0 Å². The third-order valence-electron chi connectivity index (χ3n) is 3.54. The van der Waals surface area contributed by atoms with Crippen LogP contribution in [0.4, 0.5) is 0 Å². The van der Waals surface area contributed by atoms with E-state index in [1.54, 1.807) is 12.1 Å². The topological polar surface area (TPSA) is 43.4 Å². The van der Waals surface area contributed by atoms with Crippen LogP contribution in [0.1, 0.15) is 53.9 Å². The van der Waals surface area contributed by atoms with Gasteiger partial charge in [0, 0.05) is 12.8 Å². The van der Waals surface area contributed by atoms with Gasteiger partial charge in [-0.25, -0.2) is 4.79 Å². The van der Waals surface area contributed by atoms with Crippen LogP contribution in [0.5, 0.6) is 0 Å². The lowest BCUT2D eigenvalue weighted by Crippen LogP contribution is -2.05. The number of carbonyl (C=O) groups excluding carboxylic acids is 2. The van der Waals surface area contributed by atoms with Crippen molar-refractivity contribution >= 4 is 11.8 Å². The summed E-state index contributed by atoms with van der Waals surface area (Å²) in [7, 11) is 1.38. The predicted octanol–water partition coefficient (Wildman–Crippen LogP) is 3.09. The fourth-order valence-corrected chi connectivity index (χ4v) is 2.49. The van der Waals surface area contributed by atoms with Gasteiger partial charge in [-0.1, -0.05) is 18.6 Å². The lowest BCUT2D eigenvalue weighted by Gasteiger charge is -2.13. The number of hydrogen-bond acceptors (Lipinski definition) is 3. The SMILES string of the molecule is COC(=O)c1ccc(C2CCCCC(=O)C2)cc1. The molecular formula is C15H18O3. The van der Waals surface area contributed by atoms with Gasteiger partial charge in [0.25, 0.3) is 0 Å². The van der Waals surface area contributed by atoms with Crippen molar-refractivity contribution in [3.63, 3.8) is 0 Å². The highest BCUT2D eigenvalue weighted by molar-refractivity contribution is 5.89. The third kappa shape index (κ3) is 2.97. The average Bonchev–Trinajstić information content (AvgIpc) is 2.63. The van der Waals surface area contributed by atoms with Crippen molar-refractivity contribution in [1.29, 1.82) is 0 Å². The number of ether oxygens (including phenoxy) is 1. The number of hydrogen-bond donors (Lipinski definition) is 0. The summed E-state index contributed by atoms with van der Waals surface area (Å²) in [5.74, 6) is 0.347. The number of benzene rings is 1. The minimum absolute atomic E-state index is 0.312. The second-order valence-corrected chi connectivity index (χ2v) is 4.80. The number of carbonyl (C=O) groups is 2. The van der Waals surface area contributed by atoms with Gasteiger partial charge in [-0.3, -0.25) is 4.79 Å². The Morgan fingerprint density at radius 2 is 1.94 bits per heavy atom. The van der Waals surface area contributed by atoms with E-state index in [4.69, 9.17) is 0 Å². The Labute approximate surface area is 107 Å². The summed E-state index contributed by atoms with van der Waals surface area (Å²) >= 11 is 0. The van der Waals surface area contributed by atoms with Crippen LogP contribution in [0.3, 0.4) is 0 Å². The Bertz CT molecular complexity index is 434. The maximum absolute atomic E-state index is 11.6. The zero-order valence-electron chi connectivity index (χ0n) is 10.6. The number of Topliss-reactive ketones (excluding diaryl/α,β-unsaturated/α-hetero) is 1. The number of rotatable bonds is 2. The minimum atomic E-state index is -0.321. The molecule has 3 nitrogen and oxygen atoms in total. The van der Waals surface area contributed by atoms with Crippen LogP contribution in [0, 0.1) is 0 Å². The molecule has 1 unspecified atom stereocenters. The summed E-state index contributed by atoms with van der Waals surface area (Å²) < 4.78 is 4.67. The molecule has 1 aliphatic rings. The molecule has 1 aromatic rings. The second-order valence-electron chi connectivity index (χ2n) is 4.80. The van der Waals surface area contributed by atoms with E-state index in [-0.39, 0.29) is 5.97 Å². The predicted molar refractivity (Wildman–Crippen MR) is 68.6 cm³/mol. The summed E-state index contributed by atoms with van der Waals surface area (Å²) in [6, 6.07) is 7.43. The monoisotopic (exact) mass is 246 g/mol. The first-order valence-electron chi connectivity index (χ1n) is 6.40. The molecule has 18 heavy (non-hydrogen) atoms. The van der Waals surface area contributed by atoms with Crippen LogP contribution < -0.4 is 0 Å². The molecule has 0 spiro atoms. The van der Waals surface area contributed by atoms with Crippen molar-refractivity contribution < 1.29 is 14.3 Å². The molecule has 0 amide bonds. The highest BCUT2D eigenvalue weighted by Gasteiger charge is 2.19. The quantitative estimate of drug-likeness (QED) is 0.595. The van der Waals surface area contributed by atoms with Crippen LogP contribution in [0.25, 0.3) is 0 Å². The van der Waals surface area contributed by atoms with E-state index in [0.29, 0.717) is 23.7 Å². The van der Waals surface area contributed by atoms with E-state index in [0.717, 1.165) is 31.2 Å². The first kappa shape index (κ1) is 12.8. The van der Waals surface area contributed by atoms with Gasteiger partial charge >= 0.3 is 5.97 Å². The van der Waals surface area contributed by atoms with Gasteiger partial charge < -0.3 is 4.74 Å². The normalized spacial score (nSPS) is 20.3. The number of esters is 1. The lowest BCUT2D eigenvalue weighted by molar-refractivity contribution is -0.119. The number of methoxy groups -OCH3 is 1. The fraction of sp³-hybridized carbons (Fsp3) is 0.467. The summed E-state index contributed by atoms with van der Waals surface area (Å²) in [6.45, 7) is 0. The van der Waals surface area contributed by atoms with E-state index < -0.39 is 0 Å². The van der Waals surface area contributed by atoms with E-state index in [1.165, 1.54) is 7.11 Å². The molecule has 0 bridgehead atoms. The smallest absolute Gasteiger partial charge is 0.337 e. The standard InChI is InChI=1S/C15H18O3/c1-18-15(17)12-8-6-11(7-9-12)13-4-2-3-5-14(16)10-13/h6-9,13H,2-5,10H2,1H3. The van der Waals surface area contributed by atoms with Crippen molar-refractivity contribution in [2.45, 2.75) is 38.0 Å². The Balaban J connectivity index is 2.13. The molecule has 1 fully saturated rings. The molecular weight excluding hydrogens is 228 g/mol. The second kappa shape index (κ2) is 5.80. The Kier molecular flexibility index (Phi) is 4.13. The maximum atomic E-state index is 11.6. The molecule has 1 aliphatic carbocycles. The van der Waals surface area contributed by atoms with Gasteiger partial charge in [-0.2, -0.15) is 0 Å². The molecule has 0 saturated heterocycles. The molecule has 2 rings (SSSR count). The summed E-state index contributed by atoms with van der Waals surface area (Å²) in [5.41, 5.74) is 1.71. The summed E-state index contributed by atoms with van der Waals surface area (Å²) in [6.07, 6.45) is 4.53. The third-order valence-corrected chi connectivity index (χ3v) is 3.54. The maximum Gasteiger partial charge on any atom is 0.337 e. The van der Waals surface area contributed by atoms with Gasteiger partial charge in [0.1, 0.15) is 5.78 Å². The first-order valence-corrected chi connectivity index (χ1v) is 6.40. The largest absolute Gasteiger partial charge is 0.465 e. The van der Waals surface area contributed by atoms with Crippen molar-refractivity contribution in [3.8, 4) is 0 Å². The minimum Gasteiger partial charge on any atom is -0.465 e. The van der Waals surface area contributed by atoms with Gasteiger partial charge in [0.2, 0.25) is 0 Å². The molecule has 0 aliphatic heterocycles. The van der Waals surface area contributed by atoms with E-state index in [2.05, 4.69) is 4.74 Å². The number of ketones is 1. The Hall–Kier alpha value is -1.64. The zero-order chi connectivity index (χ0) is 13.0. The molecule has 0 radical (unpaired) electrons. The molecule has 1 atom stereocenters. The molecule has 1 aromatic carbocycles. The van der Waals surface area contributed by atoms with Gasteiger partial charge in [0.15, 0.2) is 0 Å². The molecule has 0 aromatic heterocycles. The van der Waals surface area contributed by atoms with Crippen molar-refractivity contribution in [3.05, 3.63) is 35.4 Å².